The van der Waals surface area contributed by atoms with Crippen LogP contribution in [0.2, 0.25) is 0 Å². The Morgan fingerprint density at radius 3 is 2.48 bits per heavy atom. The van der Waals surface area contributed by atoms with Crippen LogP contribution in [0, 0.1) is 18.8 Å². The zero-order valence-corrected chi connectivity index (χ0v) is 17.6. The van der Waals surface area contributed by atoms with Gasteiger partial charge in [-0.3, -0.25) is 4.79 Å². The van der Waals surface area contributed by atoms with Gasteiger partial charge in [0, 0.05) is 30.3 Å². The molecule has 4 aromatic rings. The van der Waals surface area contributed by atoms with E-state index < -0.39 is 10.0 Å². The van der Waals surface area contributed by atoms with Crippen molar-refractivity contribution in [1.82, 2.24) is 13.9 Å². The van der Waals surface area contributed by atoms with Gasteiger partial charge in [-0.25, -0.2) is 22.4 Å². The number of pyridine rings is 2. The first-order valence-electron chi connectivity index (χ1n) is 9.39. The van der Waals surface area contributed by atoms with E-state index in [2.05, 4.69) is 27.1 Å². The van der Waals surface area contributed by atoms with Crippen molar-refractivity contribution in [2.45, 2.75) is 18.7 Å². The fourth-order valence-corrected chi connectivity index (χ4v) is 4.44. The summed E-state index contributed by atoms with van der Waals surface area (Å²) in [4.78, 5) is 19.7. The molecule has 0 spiro atoms. The summed E-state index contributed by atoms with van der Waals surface area (Å²) in [5.41, 5.74) is 2.14. The number of anilines is 1. The van der Waals surface area contributed by atoms with E-state index in [1.165, 1.54) is 17.1 Å². The van der Waals surface area contributed by atoms with Crippen LogP contribution >= 0.6 is 0 Å². The minimum atomic E-state index is -3.91. The Balaban J connectivity index is 1.81. The predicted molar refractivity (Wildman–Crippen MR) is 118 cm³/mol. The molecule has 1 N–H and O–H groups in total. The van der Waals surface area contributed by atoms with E-state index in [-0.39, 0.29) is 10.8 Å². The number of carbonyl (C=O) groups is 1. The number of nitrogens with zero attached hydrogens (tertiary/aromatic N) is 3. The topological polar surface area (TPSA) is 94.0 Å². The minimum Gasteiger partial charge on any atom is -0.311 e. The van der Waals surface area contributed by atoms with Crippen LogP contribution < -0.4 is 5.32 Å². The van der Waals surface area contributed by atoms with Crippen LogP contribution in [0.3, 0.4) is 0 Å². The summed E-state index contributed by atoms with van der Waals surface area (Å²) in [6.45, 7) is 3.29. The van der Waals surface area contributed by atoms with E-state index in [0.29, 0.717) is 28.1 Å². The summed E-state index contributed by atoms with van der Waals surface area (Å²) in [6, 6.07) is 15.2. The fraction of sp³-hybridized carbons (Fsp3) is 0.0870. The molecule has 31 heavy (non-hydrogen) atoms. The number of nitrogens with one attached hydrogen (secondary N) is 1. The number of aryl methyl sites for hydroxylation is 1. The third kappa shape index (κ3) is 4.17. The van der Waals surface area contributed by atoms with E-state index >= 15 is 0 Å². The highest BCUT2D eigenvalue weighted by Crippen LogP contribution is 2.24. The number of aromatic nitrogens is 3. The van der Waals surface area contributed by atoms with Crippen molar-refractivity contribution in [3.05, 3.63) is 83.8 Å². The summed E-state index contributed by atoms with van der Waals surface area (Å²) in [5, 5.41) is 3.25. The minimum absolute atomic E-state index is 0.158. The lowest BCUT2D eigenvalue weighted by molar-refractivity contribution is -0.114. The molecule has 0 saturated heterocycles. The Bertz CT molecular complexity index is 1440. The third-order valence-electron chi connectivity index (χ3n) is 4.48. The Kier molecular flexibility index (Phi) is 5.28. The zero-order valence-electron chi connectivity index (χ0n) is 16.8. The maximum absolute atomic E-state index is 13.4. The molecule has 154 valence electrons. The van der Waals surface area contributed by atoms with E-state index in [1.807, 2.05) is 6.92 Å². The Labute approximate surface area is 179 Å². The third-order valence-corrected chi connectivity index (χ3v) is 6.20. The van der Waals surface area contributed by atoms with Gasteiger partial charge in [0.05, 0.1) is 4.90 Å². The average Bonchev–Trinajstić information content (AvgIpc) is 3.12. The maximum atomic E-state index is 13.4. The van der Waals surface area contributed by atoms with E-state index in [1.54, 1.807) is 60.8 Å². The molecule has 3 heterocycles. The van der Waals surface area contributed by atoms with E-state index in [0.717, 1.165) is 5.56 Å². The van der Waals surface area contributed by atoms with Gasteiger partial charge in [0.15, 0.2) is 5.65 Å². The first-order chi connectivity index (χ1) is 14.8. The quantitative estimate of drug-likeness (QED) is 0.503. The van der Waals surface area contributed by atoms with Crippen LogP contribution in [-0.4, -0.2) is 28.3 Å². The first kappa shape index (κ1) is 20.3. The summed E-state index contributed by atoms with van der Waals surface area (Å²) in [7, 11) is -3.91. The molecule has 1 aromatic carbocycles. The Hall–Kier alpha value is -3.96. The molecule has 0 aliphatic carbocycles. The van der Waals surface area contributed by atoms with Gasteiger partial charge in [0.1, 0.15) is 11.5 Å². The van der Waals surface area contributed by atoms with Gasteiger partial charge >= 0.3 is 0 Å². The summed E-state index contributed by atoms with van der Waals surface area (Å²) >= 11 is 0. The van der Waals surface area contributed by atoms with Gasteiger partial charge in [0.25, 0.3) is 10.0 Å². The highest BCUT2D eigenvalue weighted by Gasteiger charge is 2.23. The van der Waals surface area contributed by atoms with Crippen molar-refractivity contribution in [1.29, 1.82) is 0 Å². The van der Waals surface area contributed by atoms with Crippen LogP contribution in [0.1, 0.15) is 23.7 Å². The number of carbonyl (C=O) groups excluding carboxylic acids is 1. The van der Waals surface area contributed by atoms with Crippen molar-refractivity contribution in [2.24, 2.45) is 0 Å². The van der Waals surface area contributed by atoms with Crippen LogP contribution in [0.15, 0.2) is 71.9 Å². The molecule has 0 bridgehead atoms. The van der Waals surface area contributed by atoms with Crippen molar-refractivity contribution in [2.75, 3.05) is 5.32 Å². The number of benzene rings is 1. The molecule has 8 heteroatoms. The lowest BCUT2D eigenvalue weighted by Gasteiger charge is -2.09. The molecule has 3 aromatic heterocycles. The fourth-order valence-electron chi connectivity index (χ4n) is 3.02. The molecule has 4 rings (SSSR count). The molecular formula is C23H18N4O3S. The second-order valence-electron chi connectivity index (χ2n) is 6.89. The highest BCUT2D eigenvalue weighted by molar-refractivity contribution is 7.90. The van der Waals surface area contributed by atoms with Gasteiger partial charge in [0.2, 0.25) is 5.91 Å². The normalized spacial score (nSPS) is 11.0. The first-order valence-corrected chi connectivity index (χ1v) is 10.8. The average molecular weight is 430 g/mol. The summed E-state index contributed by atoms with van der Waals surface area (Å²) < 4.78 is 28.0. The van der Waals surface area contributed by atoms with Gasteiger partial charge in [-0.05, 0) is 55.3 Å². The van der Waals surface area contributed by atoms with Gasteiger partial charge in [-0.15, -0.1) is 0 Å². The molecule has 0 radical (unpaired) electrons. The number of hydrogen-bond donors (Lipinski definition) is 1. The van der Waals surface area contributed by atoms with Gasteiger partial charge in [-0.2, -0.15) is 0 Å². The molecular weight excluding hydrogens is 412 g/mol. The van der Waals surface area contributed by atoms with E-state index in [9.17, 15) is 13.2 Å². The lowest BCUT2D eigenvalue weighted by atomic mass is 10.2. The molecule has 0 fully saturated rings. The number of amides is 1. The Morgan fingerprint density at radius 2 is 1.81 bits per heavy atom. The second kappa shape index (κ2) is 8.05. The van der Waals surface area contributed by atoms with Gasteiger partial charge in [-0.1, -0.05) is 23.6 Å². The van der Waals surface area contributed by atoms with Crippen LogP contribution in [0.4, 0.5) is 5.82 Å². The smallest absolute Gasteiger partial charge is 0.270 e. The SMILES string of the molecule is CC(=O)Nc1ccc(C#Cc2cc3cccnc3n2S(=O)(=O)c2ccc(C)cc2)cn1. The van der Waals surface area contributed by atoms with Crippen LogP contribution in [0.5, 0.6) is 0 Å². The Morgan fingerprint density at radius 1 is 1.03 bits per heavy atom. The lowest BCUT2D eigenvalue weighted by Crippen LogP contribution is -2.15. The predicted octanol–water partition coefficient (Wildman–Crippen LogP) is 3.33. The van der Waals surface area contributed by atoms with Crippen LogP contribution in [0.25, 0.3) is 11.0 Å². The van der Waals surface area contributed by atoms with Crippen molar-refractivity contribution >= 4 is 32.8 Å². The number of fused-ring (bicyclic) bond motifs is 1. The molecule has 0 aliphatic rings. The molecule has 7 nitrogen and oxygen atoms in total. The zero-order chi connectivity index (χ0) is 22.0. The highest BCUT2D eigenvalue weighted by atomic mass is 32.2. The standard InChI is InChI=1S/C23H18N4O3S/c1-16-5-10-21(11-6-16)31(29,30)27-20(14-19-4-3-13-24-23(19)27)9-7-18-8-12-22(25-15-18)26-17(2)28/h3-6,8,10-15H,1-2H3,(H,25,26,28). The monoisotopic (exact) mass is 430 g/mol. The van der Waals surface area contributed by atoms with Crippen LogP contribution in [-0.2, 0) is 14.8 Å². The largest absolute Gasteiger partial charge is 0.311 e. The molecule has 0 unspecified atom stereocenters. The van der Waals surface area contributed by atoms with Crippen molar-refractivity contribution in [3.63, 3.8) is 0 Å². The van der Waals surface area contributed by atoms with E-state index in [4.69, 9.17) is 0 Å². The molecule has 0 atom stereocenters. The van der Waals surface area contributed by atoms with Crippen molar-refractivity contribution < 1.29 is 13.2 Å². The summed E-state index contributed by atoms with van der Waals surface area (Å²) in [6.07, 6.45) is 3.06. The van der Waals surface area contributed by atoms with Gasteiger partial charge < -0.3 is 5.32 Å². The second-order valence-corrected chi connectivity index (χ2v) is 8.68. The number of rotatable bonds is 3. The molecule has 0 saturated carbocycles. The maximum Gasteiger partial charge on any atom is 0.270 e. The molecule has 1 amide bonds. The summed E-state index contributed by atoms with van der Waals surface area (Å²) in [5.74, 6) is 6.07. The number of hydrogen-bond acceptors (Lipinski definition) is 5. The molecule has 0 aliphatic heterocycles. The van der Waals surface area contributed by atoms with Crippen molar-refractivity contribution in [3.8, 4) is 11.8 Å².